The minimum Gasteiger partial charge on any atom is -0.197 e. The quantitative estimate of drug-likeness (QED) is 0.760. The van der Waals surface area contributed by atoms with Gasteiger partial charge in [-0.2, -0.15) is 5.26 Å². The van der Waals surface area contributed by atoms with Crippen LogP contribution in [0.25, 0.3) is 0 Å². The summed E-state index contributed by atoms with van der Waals surface area (Å²) in [6.45, 7) is 0. The van der Waals surface area contributed by atoms with E-state index in [1.165, 1.54) is 30.6 Å². The van der Waals surface area contributed by atoms with Crippen LogP contribution in [0.4, 0.5) is 0 Å². The summed E-state index contributed by atoms with van der Waals surface area (Å²) in [7, 11) is 0. The zero-order valence-electron chi connectivity index (χ0n) is 9.03. The lowest BCUT2D eigenvalue weighted by Gasteiger charge is -2.15. The van der Waals surface area contributed by atoms with E-state index in [1.54, 1.807) is 11.8 Å². The molecule has 0 radical (unpaired) electrons. The molecular weight excluding hydrogens is 282 g/mol. The molecule has 1 nitrogen and oxygen atoms in total. The van der Waals surface area contributed by atoms with Crippen LogP contribution in [0.3, 0.4) is 0 Å². The highest BCUT2D eigenvalue weighted by Crippen LogP contribution is 2.37. The van der Waals surface area contributed by atoms with Gasteiger partial charge in [0.2, 0.25) is 0 Å². The molecule has 0 saturated heterocycles. The Kier molecular flexibility index (Phi) is 4.31. The van der Waals surface area contributed by atoms with Crippen molar-refractivity contribution in [1.82, 2.24) is 0 Å². The predicted octanol–water partition coefficient (Wildman–Crippen LogP) is 4.62. The molecule has 1 aromatic carbocycles. The van der Waals surface area contributed by atoms with Gasteiger partial charge in [-0.25, -0.2) is 0 Å². The van der Waals surface area contributed by atoms with Gasteiger partial charge in [0.05, 0.1) is 11.3 Å². The van der Waals surface area contributed by atoms with E-state index in [0.29, 0.717) is 5.92 Å². The van der Waals surface area contributed by atoms with Crippen molar-refractivity contribution in [3.8, 4) is 6.07 Å². The molecule has 0 aliphatic heterocycles. The lowest BCUT2D eigenvalue weighted by molar-refractivity contribution is 0.575. The highest BCUT2D eigenvalue weighted by atomic mass is 79.9. The summed E-state index contributed by atoms with van der Waals surface area (Å²) in [4.78, 5) is 1.20. The van der Waals surface area contributed by atoms with Gasteiger partial charge in [-0.15, -0.1) is 11.8 Å². The summed E-state index contributed by atoms with van der Waals surface area (Å²) >= 11 is 5.13. The number of rotatable bonds is 3. The van der Waals surface area contributed by atoms with Crippen LogP contribution in [-0.4, -0.2) is 5.25 Å². The van der Waals surface area contributed by atoms with Crippen LogP contribution < -0.4 is 0 Å². The smallest absolute Gasteiger partial charge is 0.0991 e. The number of hydrogen-bond donors (Lipinski definition) is 0. The van der Waals surface area contributed by atoms with Gasteiger partial charge in [0.1, 0.15) is 0 Å². The van der Waals surface area contributed by atoms with Gasteiger partial charge in [-0.05, 0) is 43.0 Å². The summed E-state index contributed by atoms with van der Waals surface area (Å²) < 4.78 is 1.09. The van der Waals surface area contributed by atoms with E-state index in [1.807, 2.05) is 12.1 Å². The third-order valence-corrected chi connectivity index (χ3v) is 4.85. The Labute approximate surface area is 109 Å². The highest BCUT2D eigenvalue weighted by Gasteiger charge is 2.25. The molecule has 0 N–H and O–H groups in total. The molecule has 1 aliphatic carbocycles. The molecule has 1 fully saturated rings. The topological polar surface area (TPSA) is 23.8 Å². The SMILES string of the molecule is N#CC(Sc1ccc(Br)cc1)C1CCCC1. The number of halogens is 1. The van der Waals surface area contributed by atoms with Crippen molar-refractivity contribution in [1.29, 1.82) is 5.26 Å². The summed E-state index contributed by atoms with van der Waals surface area (Å²) in [5, 5.41) is 9.35. The maximum atomic E-state index is 9.22. The Hall–Kier alpha value is -0.460. The third kappa shape index (κ3) is 3.02. The predicted molar refractivity (Wildman–Crippen MR) is 71.4 cm³/mol. The van der Waals surface area contributed by atoms with E-state index in [0.717, 1.165) is 4.47 Å². The maximum absolute atomic E-state index is 9.22. The first-order chi connectivity index (χ1) is 7.79. The van der Waals surface area contributed by atoms with E-state index in [2.05, 4.69) is 34.1 Å². The zero-order chi connectivity index (χ0) is 11.4. The average Bonchev–Trinajstić information content (AvgIpc) is 2.82. The first-order valence-corrected chi connectivity index (χ1v) is 7.28. The Bertz CT molecular complexity index is 376. The summed E-state index contributed by atoms with van der Waals surface area (Å²) in [5.41, 5.74) is 0. The number of benzene rings is 1. The van der Waals surface area contributed by atoms with E-state index >= 15 is 0 Å². The lowest BCUT2D eigenvalue weighted by atomic mass is 10.1. The zero-order valence-corrected chi connectivity index (χ0v) is 11.4. The van der Waals surface area contributed by atoms with Gasteiger partial charge in [-0.1, -0.05) is 28.8 Å². The number of thioether (sulfide) groups is 1. The summed E-state index contributed by atoms with van der Waals surface area (Å²) in [6.07, 6.45) is 5.04. The second-order valence-corrected chi connectivity index (χ2v) is 6.30. The van der Waals surface area contributed by atoms with Crippen molar-refractivity contribution in [3.63, 3.8) is 0 Å². The van der Waals surface area contributed by atoms with E-state index < -0.39 is 0 Å². The standard InChI is InChI=1S/C13H14BrNS/c14-11-5-7-12(8-6-11)16-13(9-15)10-3-1-2-4-10/h5-8,10,13H,1-4H2. The van der Waals surface area contributed by atoms with Crippen LogP contribution >= 0.6 is 27.7 Å². The van der Waals surface area contributed by atoms with Gasteiger partial charge in [0.25, 0.3) is 0 Å². The molecule has 0 spiro atoms. The van der Waals surface area contributed by atoms with Gasteiger partial charge in [0.15, 0.2) is 0 Å². The van der Waals surface area contributed by atoms with Crippen LogP contribution in [0.1, 0.15) is 25.7 Å². The molecular formula is C13H14BrNS. The summed E-state index contributed by atoms with van der Waals surface area (Å²) in [5.74, 6) is 0.596. The van der Waals surface area contributed by atoms with Crippen LogP contribution in [0.2, 0.25) is 0 Å². The largest absolute Gasteiger partial charge is 0.197 e. The monoisotopic (exact) mass is 295 g/mol. The first kappa shape index (κ1) is 12.0. The number of hydrogen-bond acceptors (Lipinski definition) is 2. The molecule has 2 rings (SSSR count). The Morgan fingerprint density at radius 1 is 1.25 bits per heavy atom. The number of nitriles is 1. The van der Waals surface area contributed by atoms with Crippen molar-refractivity contribution in [3.05, 3.63) is 28.7 Å². The van der Waals surface area contributed by atoms with E-state index in [4.69, 9.17) is 0 Å². The highest BCUT2D eigenvalue weighted by molar-refractivity contribution is 9.10. The van der Waals surface area contributed by atoms with Crippen molar-refractivity contribution >= 4 is 27.7 Å². The normalized spacial score (nSPS) is 18.2. The molecule has 1 aliphatic rings. The fourth-order valence-corrected chi connectivity index (χ4v) is 3.52. The Morgan fingerprint density at radius 3 is 2.44 bits per heavy atom. The maximum Gasteiger partial charge on any atom is 0.0991 e. The third-order valence-electron chi connectivity index (χ3n) is 3.03. The fourth-order valence-electron chi connectivity index (χ4n) is 2.15. The van der Waals surface area contributed by atoms with Crippen molar-refractivity contribution in [2.45, 2.75) is 35.8 Å². The van der Waals surface area contributed by atoms with Gasteiger partial charge in [-0.3, -0.25) is 0 Å². The van der Waals surface area contributed by atoms with E-state index in [9.17, 15) is 5.26 Å². The van der Waals surface area contributed by atoms with Crippen molar-refractivity contribution < 1.29 is 0 Å². The van der Waals surface area contributed by atoms with Gasteiger partial charge in [0, 0.05) is 9.37 Å². The second-order valence-electron chi connectivity index (χ2n) is 4.17. The van der Waals surface area contributed by atoms with Crippen molar-refractivity contribution in [2.75, 3.05) is 0 Å². The fraction of sp³-hybridized carbons (Fsp3) is 0.462. The minimum absolute atomic E-state index is 0.128. The first-order valence-electron chi connectivity index (χ1n) is 5.61. The molecule has 1 unspecified atom stereocenters. The Morgan fingerprint density at radius 2 is 1.88 bits per heavy atom. The molecule has 0 amide bonds. The van der Waals surface area contributed by atoms with Crippen LogP contribution in [0.15, 0.2) is 33.6 Å². The lowest BCUT2D eigenvalue weighted by Crippen LogP contribution is -2.11. The molecule has 3 heteroatoms. The van der Waals surface area contributed by atoms with Crippen LogP contribution in [0, 0.1) is 17.2 Å². The van der Waals surface area contributed by atoms with E-state index in [-0.39, 0.29) is 5.25 Å². The molecule has 84 valence electrons. The minimum atomic E-state index is 0.128. The molecule has 1 aromatic rings. The molecule has 0 heterocycles. The molecule has 1 saturated carbocycles. The average molecular weight is 296 g/mol. The summed E-state index contributed by atoms with van der Waals surface area (Å²) in [6, 6.07) is 10.7. The van der Waals surface area contributed by atoms with Crippen LogP contribution in [-0.2, 0) is 0 Å². The molecule has 0 aromatic heterocycles. The molecule has 16 heavy (non-hydrogen) atoms. The Balaban J connectivity index is 2.01. The second kappa shape index (κ2) is 5.75. The number of nitrogens with zero attached hydrogens (tertiary/aromatic N) is 1. The molecule has 0 bridgehead atoms. The van der Waals surface area contributed by atoms with Gasteiger partial charge < -0.3 is 0 Å². The van der Waals surface area contributed by atoms with Crippen molar-refractivity contribution in [2.24, 2.45) is 5.92 Å². The van der Waals surface area contributed by atoms with Crippen LogP contribution in [0.5, 0.6) is 0 Å². The van der Waals surface area contributed by atoms with Gasteiger partial charge >= 0.3 is 0 Å². The molecule has 1 atom stereocenters.